The highest BCUT2D eigenvalue weighted by molar-refractivity contribution is 8.01. The van der Waals surface area contributed by atoms with Crippen LogP contribution in [0.2, 0.25) is 0 Å². The van der Waals surface area contributed by atoms with Gasteiger partial charge in [0.15, 0.2) is 11.5 Å². The fourth-order valence-corrected chi connectivity index (χ4v) is 5.67. The molecule has 1 aromatic heterocycles. The first kappa shape index (κ1) is 21.8. The molecule has 0 saturated heterocycles. The molecular formula is C21H29N3O3S2. The van der Waals surface area contributed by atoms with Gasteiger partial charge in [0.05, 0.1) is 24.1 Å². The van der Waals surface area contributed by atoms with Gasteiger partial charge >= 0.3 is 6.03 Å². The van der Waals surface area contributed by atoms with E-state index in [9.17, 15) is 4.79 Å². The summed E-state index contributed by atoms with van der Waals surface area (Å²) in [5.74, 6) is 2.40. The molecule has 0 radical (unpaired) electrons. The maximum atomic E-state index is 12.7. The van der Waals surface area contributed by atoms with Crippen LogP contribution in [0.1, 0.15) is 17.4 Å². The largest absolute Gasteiger partial charge is 0.493 e. The molecule has 0 unspecified atom stereocenters. The number of nitrogens with zero attached hydrogens (tertiary/aromatic N) is 2. The third-order valence-electron chi connectivity index (χ3n) is 4.83. The second-order valence-electron chi connectivity index (χ2n) is 6.90. The monoisotopic (exact) mass is 435 g/mol. The number of ether oxygens (including phenoxy) is 2. The predicted octanol–water partition coefficient (Wildman–Crippen LogP) is 4.08. The molecule has 6 nitrogen and oxygen atoms in total. The van der Waals surface area contributed by atoms with E-state index in [4.69, 9.17) is 9.47 Å². The van der Waals surface area contributed by atoms with Gasteiger partial charge < -0.3 is 19.7 Å². The lowest BCUT2D eigenvalue weighted by molar-refractivity contribution is 0.243. The van der Waals surface area contributed by atoms with Gasteiger partial charge in [0.2, 0.25) is 0 Å². The quantitative estimate of drug-likeness (QED) is 0.677. The van der Waals surface area contributed by atoms with Crippen molar-refractivity contribution in [3.05, 3.63) is 34.7 Å². The van der Waals surface area contributed by atoms with Crippen molar-refractivity contribution in [2.45, 2.75) is 24.1 Å². The lowest BCUT2D eigenvalue weighted by Gasteiger charge is -2.27. The van der Waals surface area contributed by atoms with E-state index in [1.165, 1.54) is 9.09 Å². The van der Waals surface area contributed by atoms with Crippen LogP contribution < -0.4 is 19.7 Å². The van der Waals surface area contributed by atoms with Crippen molar-refractivity contribution in [2.24, 2.45) is 0 Å². The summed E-state index contributed by atoms with van der Waals surface area (Å²) in [5, 5.41) is 3.07. The molecule has 158 valence electrons. The minimum absolute atomic E-state index is 0.00785. The Morgan fingerprint density at radius 3 is 2.76 bits per heavy atom. The highest BCUT2D eigenvalue weighted by atomic mass is 32.2. The van der Waals surface area contributed by atoms with E-state index >= 15 is 0 Å². The van der Waals surface area contributed by atoms with Crippen molar-refractivity contribution in [1.29, 1.82) is 0 Å². The molecule has 29 heavy (non-hydrogen) atoms. The fourth-order valence-electron chi connectivity index (χ4n) is 3.26. The number of aryl methyl sites for hydroxylation is 1. The van der Waals surface area contributed by atoms with Crippen LogP contribution in [0, 0.1) is 0 Å². The van der Waals surface area contributed by atoms with E-state index in [1.807, 2.05) is 41.9 Å². The van der Waals surface area contributed by atoms with Crippen molar-refractivity contribution in [3.8, 4) is 11.5 Å². The van der Waals surface area contributed by atoms with Gasteiger partial charge in [0, 0.05) is 36.8 Å². The van der Waals surface area contributed by atoms with E-state index in [2.05, 4.69) is 23.2 Å². The molecule has 0 aliphatic carbocycles. The Morgan fingerprint density at radius 2 is 2.03 bits per heavy atom. The molecule has 0 fully saturated rings. The number of benzene rings is 1. The second kappa shape index (κ2) is 10.2. The minimum Gasteiger partial charge on any atom is -0.493 e. The van der Waals surface area contributed by atoms with Gasteiger partial charge in [-0.2, -0.15) is 0 Å². The van der Waals surface area contributed by atoms with E-state index in [0.29, 0.717) is 6.54 Å². The summed E-state index contributed by atoms with van der Waals surface area (Å²) in [5.41, 5.74) is 2.21. The number of anilines is 1. The molecule has 3 rings (SSSR count). The molecule has 1 aliphatic heterocycles. The fraction of sp³-hybridized carbons (Fsp3) is 0.476. The number of amides is 2. The number of fused-ring (bicyclic) bond motifs is 1. The first-order valence-electron chi connectivity index (χ1n) is 9.76. The first-order chi connectivity index (χ1) is 14.0. The summed E-state index contributed by atoms with van der Waals surface area (Å²) in [6.07, 6.45) is 1.01. The summed E-state index contributed by atoms with van der Waals surface area (Å²) in [6, 6.07) is 8.09. The number of urea groups is 1. The molecule has 1 aliphatic rings. The van der Waals surface area contributed by atoms with Crippen LogP contribution in [0.4, 0.5) is 10.5 Å². The number of thiophene rings is 1. The summed E-state index contributed by atoms with van der Waals surface area (Å²) < 4.78 is 11.9. The standard InChI is InChI=1S/C21H29N3O3S2/c1-5-16-13-17-20(29-16)28-11-10-24(17)21(25)22-8-9-23(2)14-15-6-7-18(26-3)19(12-15)27-4/h6-7,12-13H,5,8-11,14H2,1-4H3,(H,22,25). The molecule has 2 amide bonds. The number of carbonyl (C=O) groups excluding carboxylic acids is 1. The zero-order valence-electron chi connectivity index (χ0n) is 17.5. The summed E-state index contributed by atoms with van der Waals surface area (Å²) in [6.45, 7) is 5.04. The van der Waals surface area contributed by atoms with Crippen molar-refractivity contribution >= 4 is 34.8 Å². The topological polar surface area (TPSA) is 54.0 Å². The van der Waals surface area contributed by atoms with Crippen LogP contribution in [0.5, 0.6) is 11.5 Å². The number of likely N-dealkylation sites (N-methyl/N-ethyl adjacent to an activating group) is 1. The number of hydrogen-bond donors (Lipinski definition) is 1. The second-order valence-corrected chi connectivity index (χ2v) is 9.40. The Hall–Kier alpha value is -1.90. The Bertz CT molecular complexity index is 841. The van der Waals surface area contributed by atoms with Crippen LogP contribution in [0.25, 0.3) is 0 Å². The van der Waals surface area contributed by atoms with Crippen LogP contribution >= 0.6 is 23.1 Å². The zero-order valence-corrected chi connectivity index (χ0v) is 19.1. The van der Waals surface area contributed by atoms with Crippen LogP contribution in [0.15, 0.2) is 28.5 Å². The van der Waals surface area contributed by atoms with Gasteiger partial charge in [-0.25, -0.2) is 4.79 Å². The summed E-state index contributed by atoms with van der Waals surface area (Å²) >= 11 is 3.66. The Labute approximate surface area is 181 Å². The number of hydrogen-bond acceptors (Lipinski definition) is 6. The number of methoxy groups -OCH3 is 2. The van der Waals surface area contributed by atoms with E-state index in [1.54, 1.807) is 25.6 Å². The summed E-state index contributed by atoms with van der Waals surface area (Å²) in [4.78, 5) is 18.1. The zero-order chi connectivity index (χ0) is 20.8. The van der Waals surface area contributed by atoms with Crippen LogP contribution in [-0.4, -0.2) is 57.6 Å². The summed E-state index contributed by atoms with van der Waals surface area (Å²) in [7, 11) is 5.32. The predicted molar refractivity (Wildman–Crippen MR) is 121 cm³/mol. The van der Waals surface area contributed by atoms with E-state index in [-0.39, 0.29) is 6.03 Å². The molecule has 0 saturated carbocycles. The van der Waals surface area contributed by atoms with E-state index in [0.717, 1.165) is 54.6 Å². The van der Waals surface area contributed by atoms with Gasteiger partial charge in [-0.3, -0.25) is 4.90 Å². The van der Waals surface area contributed by atoms with Crippen molar-refractivity contribution in [1.82, 2.24) is 10.2 Å². The molecule has 0 spiro atoms. The molecule has 1 N–H and O–H groups in total. The van der Waals surface area contributed by atoms with Gasteiger partial charge in [-0.1, -0.05) is 13.0 Å². The van der Waals surface area contributed by atoms with Crippen molar-refractivity contribution < 1.29 is 14.3 Å². The molecule has 0 bridgehead atoms. The molecule has 2 heterocycles. The lowest BCUT2D eigenvalue weighted by Crippen LogP contribution is -2.44. The smallest absolute Gasteiger partial charge is 0.322 e. The molecular weight excluding hydrogens is 406 g/mol. The third-order valence-corrected chi connectivity index (χ3v) is 7.36. The average molecular weight is 436 g/mol. The third kappa shape index (κ3) is 5.38. The number of nitrogens with one attached hydrogen (secondary N) is 1. The van der Waals surface area contributed by atoms with Gasteiger partial charge in [-0.05, 0) is 37.2 Å². The number of rotatable bonds is 8. The highest BCUT2D eigenvalue weighted by Crippen LogP contribution is 2.41. The Balaban J connectivity index is 1.50. The lowest BCUT2D eigenvalue weighted by atomic mass is 10.2. The van der Waals surface area contributed by atoms with Crippen LogP contribution in [-0.2, 0) is 13.0 Å². The normalized spacial score (nSPS) is 13.3. The number of thioether (sulfide) groups is 1. The number of carbonyl (C=O) groups is 1. The van der Waals surface area contributed by atoms with Gasteiger partial charge in [0.25, 0.3) is 0 Å². The van der Waals surface area contributed by atoms with Gasteiger partial charge in [0.1, 0.15) is 0 Å². The van der Waals surface area contributed by atoms with E-state index < -0.39 is 0 Å². The van der Waals surface area contributed by atoms with Crippen molar-refractivity contribution in [3.63, 3.8) is 0 Å². The molecule has 8 heteroatoms. The molecule has 1 aromatic carbocycles. The minimum atomic E-state index is -0.00785. The van der Waals surface area contributed by atoms with Crippen LogP contribution in [0.3, 0.4) is 0 Å². The first-order valence-corrected chi connectivity index (χ1v) is 11.6. The molecule has 0 atom stereocenters. The highest BCUT2D eigenvalue weighted by Gasteiger charge is 2.25. The van der Waals surface area contributed by atoms with Crippen molar-refractivity contribution in [2.75, 3.05) is 51.6 Å². The molecule has 2 aromatic rings. The average Bonchev–Trinajstić information content (AvgIpc) is 3.17. The Kier molecular flexibility index (Phi) is 7.69. The Morgan fingerprint density at radius 1 is 1.24 bits per heavy atom. The maximum Gasteiger partial charge on any atom is 0.322 e. The van der Waals surface area contributed by atoms with Gasteiger partial charge in [-0.15, -0.1) is 23.1 Å². The SMILES string of the molecule is CCc1cc2c(s1)SCCN2C(=O)NCCN(C)Cc1ccc(OC)c(OC)c1. The maximum absolute atomic E-state index is 12.7.